The van der Waals surface area contributed by atoms with Crippen LogP contribution in [-0.2, 0) is 17.8 Å². The van der Waals surface area contributed by atoms with Gasteiger partial charge in [-0.2, -0.15) is 5.26 Å². The summed E-state index contributed by atoms with van der Waals surface area (Å²) in [6, 6.07) is 7.47. The van der Waals surface area contributed by atoms with Gasteiger partial charge in [0.25, 0.3) is 0 Å². The van der Waals surface area contributed by atoms with E-state index in [2.05, 4.69) is 11.1 Å². The van der Waals surface area contributed by atoms with Gasteiger partial charge in [0.15, 0.2) is 0 Å². The van der Waals surface area contributed by atoms with Crippen LogP contribution >= 0.6 is 11.6 Å². The van der Waals surface area contributed by atoms with Gasteiger partial charge >= 0.3 is 0 Å². The molecular weight excluding hydrogens is 302 g/mol. The first-order chi connectivity index (χ1) is 10.7. The lowest BCUT2D eigenvalue weighted by Gasteiger charge is -2.22. The predicted molar refractivity (Wildman–Crippen MR) is 83.7 cm³/mol. The number of fused-ring (bicyclic) bond motifs is 1. The molecule has 5 nitrogen and oxygen atoms in total. The third-order valence-electron chi connectivity index (χ3n) is 3.70. The van der Waals surface area contributed by atoms with Gasteiger partial charge in [-0.3, -0.25) is 0 Å². The molecule has 0 atom stereocenters. The summed E-state index contributed by atoms with van der Waals surface area (Å²) >= 11 is 6.38. The number of benzene rings is 1. The van der Waals surface area contributed by atoms with E-state index in [0.717, 1.165) is 16.8 Å². The standard InChI is InChI=1S/C16H14ClN3O2/c1-21-9-2-3-10(13(17)6-9)15-11(7-18)16(19)20-14-4-5-22-8-12(14)15/h2-3,6H,4-5,8H2,1H3,(H2,19,20). The predicted octanol–water partition coefficient (Wildman–Crippen LogP) is 2.94. The van der Waals surface area contributed by atoms with Gasteiger partial charge in [-0.05, 0) is 18.2 Å². The van der Waals surface area contributed by atoms with Crippen molar-refractivity contribution in [3.63, 3.8) is 0 Å². The Morgan fingerprint density at radius 1 is 1.45 bits per heavy atom. The van der Waals surface area contributed by atoms with E-state index in [1.54, 1.807) is 19.2 Å². The summed E-state index contributed by atoms with van der Waals surface area (Å²) < 4.78 is 10.7. The molecule has 0 fully saturated rings. The van der Waals surface area contributed by atoms with E-state index in [1.165, 1.54) is 0 Å². The highest BCUT2D eigenvalue weighted by atomic mass is 35.5. The van der Waals surface area contributed by atoms with E-state index < -0.39 is 0 Å². The Balaban J connectivity index is 2.30. The lowest BCUT2D eigenvalue weighted by molar-refractivity contribution is 0.109. The molecule has 0 aliphatic carbocycles. The number of nitrogens with two attached hydrogens (primary N) is 1. The zero-order chi connectivity index (χ0) is 15.7. The molecule has 0 spiro atoms. The zero-order valence-electron chi connectivity index (χ0n) is 12.0. The molecule has 1 aliphatic rings. The molecule has 1 aromatic heterocycles. The number of rotatable bonds is 2. The van der Waals surface area contributed by atoms with Crippen LogP contribution in [0.5, 0.6) is 5.75 Å². The Bertz CT molecular complexity index is 784. The van der Waals surface area contributed by atoms with Crippen LogP contribution in [0.2, 0.25) is 5.02 Å². The molecule has 2 heterocycles. The summed E-state index contributed by atoms with van der Waals surface area (Å²) in [5.41, 5.74) is 9.47. The Labute approximate surface area is 133 Å². The molecule has 1 aliphatic heterocycles. The molecule has 2 N–H and O–H groups in total. The molecule has 0 unspecified atom stereocenters. The SMILES string of the molecule is COc1ccc(-c2c(C#N)c(N)nc3c2COCC3)c(Cl)c1. The summed E-state index contributed by atoms with van der Waals surface area (Å²) in [4.78, 5) is 4.34. The largest absolute Gasteiger partial charge is 0.497 e. The van der Waals surface area contributed by atoms with Gasteiger partial charge in [0.1, 0.15) is 23.2 Å². The Hall–Kier alpha value is -2.29. The highest BCUT2D eigenvalue weighted by Crippen LogP contribution is 2.39. The van der Waals surface area contributed by atoms with Gasteiger partial charge in [0.2, 0.25) is 0 Å². The van der Waals surface area contributed by atoms with E-state index in [9.17, 15) is 5.26 Å². The maximum Gasteiger partial charge on any atom is 0.142 e. The summed E-state index contributed by atoms with van der Waals surface area (Å²) in [5.74, 6) is 0.879. The third-order valence-corrected chi connectivity index (χ3v) is 4.01. The van der Waals surface area contributed by atoms with E-state index in [1.807, 2.05) is 6.07 Å². The summed E-state index contributed by atoms with van der Waals surface area (Å²) in [6.07, 6.45) is 0.673. The number of nitrogens with zero attached hydrogens (tertiary/aromatic N) is 2. The number of halogens is 1. The fraction of sp³-hybridized carbons (Fsp3) is 0.250. The van der Waals surface area contributed by atoms with Gasteiger partial charge in [-0.15, -0.1) is 0 Å². The maximum absolute atomic E-state index is 9.48. The van der Waals surface area contributed by atoms with Crippen LogP contribution in [0, 0.1) is 11.3 Å². The van der Waals surface area contributed by atoms with Crippen molar-refractivity contribution in [1.82, 2.24) is 4.98 Å². The number of anilines is 1. The molecule has 0 saturated heterocycles. The maximum atomic E-state index is 9.48. The quantitative estimate of drug-likeness (QED) is 0.921. The van der Waals surface area contributed by atoms with E-state index in [-0.39, 0.29) is 5.82 Å². The molecule has 3 rings (SSSR count). The lowest BCUT2D eigenvalue weighted by atomic mass is 9.92. The third kappa shape index (κ3) is 2.37. The fourth-order valence-electron chi connectivity index (χ4n) is 2.63. The second-order valence-corrected chi connectivity index (χ2v) is 5.34. The number of nitriles is 1. The summed E-state index contributed by atoms with van der Waals surface area (Å²) in [5, 5.41) is 9.97. The minimum atomic E-state index is 0.227. The highest BCUT2D eigenvalue weighted by molar-refractivity contribution is 6.33. The molecule has 1 aromatic carbocycles. The average molecular weight is 316 g/mol. The minimum absolute atomic E-state index is 0.227. The molecule has 0 bridgehead atoms. The first-order valence-corrected chi connectivity index (χ1v) is 7.16. The Morgan fingerprint density at radius 2 is 2.27 bits per heavy atom. The second kappa shape index (κ2) is 5.84. The van der Waals surface area contributed by atoms with Crippen molar-refractivity contribution in [2.24, 2.45) is 0 Å². The molecule has 6 heteroatoms. The van der Waals surface area contributed by atoms with E-state index in [0.29, 0.717) is 41.5 Å². The van der Waals surface area contributed by atoms with Gasteiger partial charge in [0.05, 0.1) is 31.0 Å². The van der Waals surface area contributed by atoms with Crippen molar-refractivity contribution in [1.29, 1.82) is 5.26 Å². The molecule has 0 amide bonds. The number of methoxy groups -OCH3 is 1. The van der Waals surface area contributed by atoms with Crippen LogP contribution < -0.4 is 10.5 Å². The highest BCUT2D eigenvalue weighted by Gasteiger charge is 2.23. The molecule has 0 saturated carbocycles. The monoisotopic (exact) mass is 315 g/mol. The van der Waals surface area contributed by atoms with E-state index >= 15 is 0 Å². The summed E-state index contributed by atoms with van der Waals surface area (Å²) in [7, 11) is 1.58. The number of hydrogen-bond acceptors (Lipinski definition) is 5. The average Bonchev–Trinajstić information content (AvgIpc) is 2.53. The van der Waals surface area contributed by atoms with E-state index in [4.69, 9.17) is 26.8 Å². The van der Waals surface area contributed by atoms with Gasteiger partial charge < -0.3 is 15.2 Å². The van der Waals surface area contributed by atoms with Gasteiger partial charge in [-0.25, -0.2) is 4.98 Å². The first kappa shape index (κ1) is 14.6. The van der Waals surface area contributed by atoms with Crippen LogP contribution in [0.15, 0.2) is 18.2 Å². The normalized spacial score (nSPS) is 13.3. The van der Waals surface area contributed by atoms with Crippen molar-refractivity contribution >= 4 is 17.4 Å². The molecule has 22 heavy (non-hydrogen) atoms. The number of nitrogen functional groups attached to an aromatic ring is 1. The topological polar surface area (TPSA) is 81.2 Å². The van der Waals surface area contributed by atoms with Crippen LogP contribution in [-0.4, -0.2) is 18.7 Å². The van der Waals surface area contributed by atoms with Crippen LogP contribution in [0.3, 0.4) is 0 Å². The number of aromatic nitrogens is 1. The van der Waals surface area contributed by atoms with Crippen molar-refractivity contribution in [2.45, 2.75) is 13.0 Å². The fourth-order valence-corrected chi connectivity index (χ4v) is 2.90. The number of hydrogen-bond donors (Lipinski definition) is 1. The first-order valence-electron chi connectivity index (χ1n) is 6.78. The minimum Gasteiger partial charge on any atom is -0.497 e. The van der Waals surface area contributed by atoms with Gasteiger partial charge in [-0.1, -0.05) is 11.6 Å². The van der Waals surface area contributed by atoms with Crippen LogP contribution in [0.1, 0.15) is 16.8 Å². The molecule has 2 aromatic rings. The van der Waals surface area contributed by atoms with Crippen molar-refractivity contribution < 1.29 is 9.47 Å². The van der Waals surface area contributed by atoms with Crippen molar-refractivity contribution in [3.8, 4) is 22.9 Å². The van der Waals surface area contributed by atoms with Crippen molar-refractivity contribution in [3.05, 3.63) is 40.0 Å². The van der Waals surface area contributed by atoms with Crippen molar-refractivity contribution in [2.75, 3.05) is 19.5 Å². The lowest BCUT2D eigenvalue weighted by Crippen LogP contribution is -2.16. The molecule has 112 valence electrons. The second-order valence-electron chi connectivity index (χ2n) is 4.93. The molecule has 0 radical (unpaired) electrons. The summed E-state index contributed by atoms with van der Waals surface area (Å²) in [6.45, 7) is 0.996. The number of pyridine rings is 1. The van der Waals surface area contributed by atoms with Crippen LogP contribution in [0.4, 0.5) is 5.82 Å². The van der Waals surface area contributed by atoms with Crippen LogP contribution in [0.25, 0.3) is 11.1 Å². The Morgan fingerprint density at radius 3 is 2.95 bits per heavy atom. The number of ether oxygens (including phenoxy) is 2. The zero-order valence-corrected chi connectivity index (χ0v) is 12.8. The Kier molecular flexibility index (Phi) is 3.88. The smallest absolute Gasteiger partial charge is 0.142 e. The molecular formula is C16H14ClN3O2. The van der Waals surface area contributed by atoms with Gasteiger partial charge in [0, 0.05) is 23.1 Å².